The minimum absolute atomic E-state index is 0.149. The number of para-hydroxylation sites is 1. The number of carbonyl (C=O) groups excluding carboxylic acids is 1. The van der Waals surface area contributed by atoms with Crippen molar-refractivity contribution in [2.75, 3.05) is 7.11 Å². The third-order valence-electron chi connectivity index (χ3n) is 5.29. The van der Waals surface area contributed by atoms with Gasteiger partial charge in [0.05, 0.1) is 29.4 Å². The van der Waals surface area contributed by atoms with Crippen LogP contribution in [-0.4, -0.2) is 28.1 Å². The number of aromatic nitrogens is 2. The van der Waals surface area contributed by atoms with Crippen LogP contribution in [0.15, 0.2) is 87.5 Å². The fraction of sp³-hybridized carbons (Fsp3) is 0.0400. The van der Waals surface area contributed by atoms with Crippen LogP contribution in [-0.2, 0) is 0 Å². The van der Waals surface area contributed by atoms with E-state index in [2.05, 4.69) is 31.1 Å². The number of carbonyl (C=O) groups is 1. The molecule has 1 amide bonds. The monoisotopic (exact) mass is 500 g/mol. The molecule has 33 heavy (non-hydrogen) atoms. The van der Waals surface area contributed by atoms with Gasteiger partial charge in [0.15, 0.2) is 5.69 Å². The first kappa shape index (κ1) is 20.8. The van der Waals surface area contributed by atoms with E-state index in [1.165, 1.54) is 0 Å². The largest absolute Gasteiger partial charge is 0.497 e. The van der Waals surface area contributed by atoms with Crippen LogP contribution >= 0.6 is 15.9 Å². The van der Waals surface area contributed by atoms with Crippen molar-refractivity contribution in [2.24, 2.45) is 10.2 Å². The summed E-state index contributed by atoms with van der Waals surface area (Å²) >= 11 is 3.43. The molecule has 7 nitrogen and oxygen atoms in total. The summed E-state index contributed by atoms with van der Waals surface area (Å²) in [6, 6.07) is 22.0. The second-order valence-electron chi connectivity index (χ2n) is 7.32. The van der Waals surface area contributed by atoms with Gasteiger partial charge in [-0.25, -0.2) is 4.98 Å². The zero-order valence-electron chi connectivity index (χ0n) is 17.4. The molecule has 8 heteroatoms. The molecule has 0 saturated carbocycles. The summed E-state index contributed by atoms with van der Waals surface area (Å²) in [7, 11) is 1.56. The number of nitrogens with one attached hydrogen (secondary N) is 1. The van der Waals surface area contributed by atoms with E-state index in [1.807, 2.05) is 42.5 Å². The van der Waals surface area contributed by atoms with Crippen molar-refractivity contribution >= 4 is 49.3 Å². The minimum Gasteiger partial charge on any atom is -0.497 e. The fourth-order valence-electron chi connectivity index (χ4n) is 3.64. The molecule has 0 saturated heterocycles. The first-order chi connectivity index (χ1) is 16.0. The number of hydrogen-bond donors (Lipinski definition) is 2. The summed E-state index contributed by atoms with van der Waals surface area (Å²) in [5.41, 5.74) is 3.37. The van der Waals surface area contributed by atoms with Gasteiger partial charge in [-0.3, -0.25) is 4.79 Å². The zero-order valence-corrected chi connectivity index (χ0v) is 19.0. The molecule has 3 aromatic carbocycles. The maximum atomic E-state index is 13.2. The van der Waals surface area contributed by atoms with Crippen LogP contribution in [0.1, 0.15) is 10.4 Å². The summed E-state index contributed by atoms with van der Waals surface area (Å²) in [5.74, 6) is -0.107. The van der Waals surface area contributed by atoms with Gasteiger partial charge in [0, 0.05) is 20.8 Å². The van der Waals surface area contributed by atoms with Gasteiger partial charge < -0.3 is 14.8 Å². The summed E-state index contributed by atoms with van der Waals surface area (Å²) < 4.78 is 6.28. The number of rotatable bonds is 4. The molecule has 2 heterocycles. The Hall–Kier alpha value is -4.04. The highest BCUT2D eigenvalue weighted by Gasteiger charge is 2.16. The molecular weight excluding hydrogens is 484 g/mol. The van der Waals surface area contributed by atoms with Crippen LogP contribution < -0.4 is 4.74 Å². The van der Waals surface area contributed by atoms with Gasteiger partial charge in [0.25, 0.3) is 5.91 Å². The third-order valence-corrected chi connectivity index (χ3v) is 5.82. The second-order valence-corrected chi connectivity index (χ2v) is 8.23. The topological polar surface area (TPSA) is 99.9 Å². The molecule has 0 atom stereocenters. The lowest BCUT2D eigenvalue weighted by atomic mass is 10.0. The molecule has 0 fully saturated rings. The van der Waals surface area contributed by atoms with Crippen LogP contribution in [0.25, 0.3) is 33.1 Å². The standard InChI is InChI=1S/C25H17BrN4O3/c1-33-16-10-11-21-18(12-16)19(13-22(27-21)14-6-8-15(26)9-7-14)24(31)30-29-23-17-4-2-3-5-20(17)28-25(23)32/h2-13,28,32H,1H3. The number of methoxy groups -OCH3 is 1. The van der Waals surface area contributed by atoms with Crippen molar-refractivity contribution in [3.63, 3.8) is 0 Å². The Bertz CT molecular complexity index is 1540. The number of azo groups is 1. The highest BCUT2D eigenvalue weighted by molar-refractivity contribution is 9.10. The van der Waals surface area contributed by atoms with Gasteiger partial charge in [-0.2, -0.15) is 0 Å². The Kier molecular flexibility index (Phi) is 5.35. The van der Waals surface area contributed by atoms with Gasteiger partial charge >= 0.3 is 0 Å². The molecule has 0 aliphatic rings. The van der Waals surface area contributed by atoms with Crippen molar-refractivity contribution in [3.05, 3.63) is 82.8 Å². The van der Waals surface area contributed by atoms with Crippen LogP contribution in [0.2, 0.25) is 0 Å². The molecule has 0 unspecified atom stereocenters. The molecule has 162 valence electrons. The zero-order chi connectivity index (χ0) is 22.9. The second kappa shape index (κ2) is 8.48. The number of halogens is 1. The number of pyridine rings is 1. The smallest absolute Gasteiger partial charge is 0.296 e. The highest BCUT2D eigenvalue weighted by Crippen LogP contribution is 2.36. The SMILES string of the molecule is COc1ccc2nc(-c3ccc(Br)cc3)cc(C(=O)N=Nc3c(O)[nH]c4ccccc34)c2c1. The Morgan fingerprint density at radius 3 is 2.61 bits per heavy atom. The van der Waals surface area contributed by atoms with Crippen molar-refractivity contribution < 1.29 is 14.6 Å². The van der Waals surface area contributed by atoms with Crippen molar-refractivity contribution in [3.8, 4) is 22.9 Å². The fourth-order valence-corrected chi connectivity index (χ4v) is 3.91. The molecule has 0 bridgehead atoms. The highest BCUT2D eigenvalue weighted by atomic mass is 79.9. The number of H-pyrrole nitrogens is 1. The van der Waals surface area contributed by atoms with E-state index < -0.39 is 5.91 Å². The van der Waals surface area contributed by atoms with Crippen LogP contribution in [0.5, 0.6) is 11.6 Å². The molecule has 2 aromatic heterocycles. The van der Waals surface area contributed by atoms with Crippen LogP contribution in [0.3, 0.4) is 0 Å². The molecule has 5 rings (SSSR count). The average Bonchev–Trinajstić information content (AvgIpc) is 3.16. The molecule has 0 aliphatic carbocycles. The van der Waals surface area contributed by atoms with Crippen molar-refractivity contribution in [1.82, 2.24) is 9.97 Å². The quantitative estimate of drug-likeness (QED) is 0.265. The van der Waals surface area contributed by atoms with Crippen LogP contribution in [0, 0.1) is 0 Å². The molecule has 0 aliphatic heterocycles. The van der Waals surface area contributed by atoms with Crippen molar-refractivity contribution in [2.45, 2.75) is 0 Å². The maximum absolute atomic E-state index is 13.2. The van der Waals surface area contributed by atoms with E-state index >= 15 is 0 Å². The lowest BCUT2D eigenvalue weighted by Crippen LogP contribution is -1.99. The Morgan fingerprint density at radius 1 is 1.03 bits per heavy atom. The summed E-state index contributed by atoms with van der Waals surface area (Å²) in [6.07, 6.45) is 0. The molecule has 0 spiro atoms. The van der Waals surface area contributed by atoms with E-state index in [9.17, 15) is 9.90 Å². The third kappa shape index (κ3) is 3.96. The number of benzene rings is 3. The predicted molar refractivity (Wildman–Crippen MR) is 130 cm³/mol. The van der Waals surface area contributed by atoms with Crippen LogP contribution in [0.4, 0.5) is 5.69 Å². The van der Waals surface area contributed by atoms with Gasteiger partial charge in [-0.15, -0.1) is 10.2 Å². The summed E-state index contributed by atoms with van der Waals surface area (Å²) in [5, 5.41) is 19.5. The first-order valence-corrected chi connectivity index (χ1v) is 10.8. The van der Waals surface area contributed by atoms with Gasteiger partial charge in [-0.05, 0) is 42.5 Å². The number of hydrogen-bond acceptors (Lipinski definition) is 5. The Morgan fingerprint density at radius 2 is 1.82 bits per heavy atom. The van der Waals surface area contributed by atoms with E-state index in [0.717, 1.165) is 10.0 Å². The van der Waals surface area contributed by atoms with Crippen molar-refractivity contribution in [1.29, 1.82) is 0 Å². The number of aromatic hydroxyl groups is 1. The number of aromatic amines is 1. The normalized spacial score (nSPS) is 11.5. The number of fused-ring (bicyclic) bond motifs is 2. The Labute approximate surface area is 196 Å². The molecule has 5 aromatic rings. The number of ether oxygens (including phenoxy) is 1. The lowest BCUT2D eigenvalue weighted by Gasteiger charge is -2.09. The number of nitrogens with zero attached hydrogens (tertiary/aromatic N) is 3. The maximum Gasteiger partial charge on any atom is 0.296 e. The summed E-state index contributed by atoms with van der Waals surface area (Å²) in [4.78, 5) is 20.8. The molecule has 0 radical (unpaired) electrons. The van der Waals surface area contributed by atoms with E-state index in [1.54, 1.807) is 37.4 Å². The predicted octanol–water partition coefficient (Wildman–Crippen LogP) is 6.78. The summed E-state index contributed by atoms with van der Waals surface area (Å²) in [6.45, 7) is 0. The molecule has 2 N–H and O–H groups in total. The minimum atomic E-state index is -0.557. The van der Waals surface area contributed by atoms with Gasteiger partial charge in [0.1, 0.15) is 5.75 Å². The van der Waals surface area contributed by atoms with E-state index in [0.29, 0.717) is 38.8 Å². The Balaban J connectivity index is 1.63. The lowest BCUT2D eigenvalue weighted by molar-refractivity contribution is 0.0996. The average molecular weight is 501 g/mol. The first-order valence-electron chi connectivity index (χ1n) is 10.0. The van der Waals surface area contributed by atoms with E-state index in [-0.39, 0.29) is 11.6 Å². The van der Waals surface area contributed by atoms with Gasteiger partial charge in [-0.1, -0.05) is 46.3 Å². The molecular formula is C25H17BrN4O3. The van der Waals surface area contributed by atoms with Gasteiger partial charge in [0.2, 0.25) is 5.88 Å². The van der Waals surface area contributed by atoms with E-state index in [4.69, 9.17) is 9.72 Å². The number of amides is 1.